The van der Waals surface area contributed by atoms with Crippen LogP contribution in [0.25, 0.3) is 0 Å². The molecule has 0 bridgehead atoms. The number of aryl methyl sites for hydroxylation is 1. The van der Waals surface area contributed by atoms with Gasteiger partial charge in [-0.15, -0.1) is 0 Å². The molecule has 3 radical (unpaired) electrons. The van der Waals surface area contributed by atoms with Crippen molar-refractivity contribution in [1.29, 1.82) is 0 Å². The Morgan fingerprint density at radius 3 is 2.43 bits per heavy atom. The second-order valence-corrected chi connectivity index (χ2v) is 7.32. The van der Waals surface area contributed by atoms with Crippen molar-refractivity contribution in [3.8, 4) is 0 Å². The minimum Gasteiger partial charge on any atom is -0.453 e. The van der Waals surface area contributed by atoms with Crippen molar-refractivity contribution >= 4 is 24.0 Å². The first-order valence-corrected chi connectivity index (χ1v) is 7.84. The van der Waals surface area contributed by atoms with Crippen LogP contribution in [0.2, 0.25) is 12.1 Å². The molecule has 1 aromatic carbocycles. The standard InChI is InChI=1S/C11H17OSi2/c1-4-14(5-2)12-13-11-9-7-6-8-10(11)3/h6-9H,4-5H2,1-3H3. The summed E-state index contributed by atoms with van der Waals surface area (Å²) in [7, 11) is 0.0175. The Hall–Kier alpha value is -0.386. The van der Waals surface area contributed by atoms with Gasteiger partial charge in [-0.25, -0.2) is 0 Å². The summed E-state index contributed by atoms with van der Waals surface area (Å²) in [6, 6.07) is 10.9. The highest BCUT2D eigenvalue weighted by Gasteiger charge is 2.09. The second-order valence-electron chi connectivity index (χ2n) is 3.26. The molecule has 1 aromatic rings. The maximum atomic E-state index is 5.94. The van der Waals surface area contributed by atoms with E-state index in [2.05, 4.69) is 45.0 Å². The summed E-state index contributed by atoms with van der Waals surface area (Å²) in [4.78, 5) is 0. The largest absolute Gasteiger partial charge is 0.453 e. The SMILES string of the molecule is CC[Si](CC)O[Si]c1ccccc1C. The van der Waals surface area contributed by atoms with Gasteiger partial charge in [-0.3, -0.25) is 0 Å². The number of hydrogen-bond donors (Lipinski definition) is 0. The monoisotopic (exact) mass is 221 g/mol. The van der Waals surface area contributed by atoms with Gasteiger partial charge in [0.15, 0.2) is 9.04 Å². The lowest BCUT2D eigenvalue weighted by Gasteiger charge is -2.11. The highest BCUT2D eigenvalue weighted by Crippen LogP contribution is 1.99. The molecular formula is C11H17OSi2. The van der Waals surface area contributed by atoms with Gasteiger partial charge < -0.3 is 4.12 Å². The zero-order valence-corrected chi connectivity index (χ0v) is 11.1. The summed E-state index contributed by atoms with van der Waals surface area (Å²) >= 11 is 0. The van der Waals surface area contributed by atoms with Gasteiger partial charge in [-0.1, -0.05) is 38.1 Å². The van der Waals surface area contributed by atoms with E-state index < -0.39 is 9.04 Å². The number of rotatable bonds is 5. The van der Waals surface area contributed by atoms with Crippen LogP contribution >= 0.6 is 0 Å². The average Bonchev–Trinajstić information content (AvgIpc) is 2.22. The summed E-state index contributed by atoms with van der Waals surface area (Å²) in [5.41, 5.74) is 1.35. The summed E-state index contributed by atoms with van der Waals surface area (Å²) in [5, 5.41) is 1.36. The lowest BCUT2D eigenvalue weighted by Crippen LogP contribution is -2.27. The number of benzene rings is 1. The fraction of sp³-hybridized carbons (Fsp3) is 0.455. The van der Waals surface area contributed by atoms with Crippen molar-refractivity contribution in [3.05, 3.63) is 29.8 Å². The molecule has 0 aliphatic carbocycles. The van der Waals surface area contributed by atoms with Crippen LogP contribution < -0.4 is 5.19 Å². The van der Waals surface area contributed by atoms with E-state index in [0.29, 0.717) is 9.76 Å². The molecule has 0 spiro atoms. The zero-order valence-electron chi connectivity index (χ0n) is 9.13. The third kappa shape index (κ3) is 3.40. The summed E-state index contributed by atoms with van der Waals surface area (Å²) in [6.07, 6.45) is 0. The molecule has 0 heterocycles. The third-order valence-corrected chi connectivity index (χ3v) is 6.16. The van der Waals surface area contributed by atoms with E-state index in [1.807, 2.05) is 0 Å². The minimum absolute atomic E-state index is 0.525. The fourth-order valence-corrected chi connectivity index (χ4v) is 4.29. The second kappa shape index (κ2) is 6.16. The molecular weight excluding hydrogens is 204 g/mol. The van der Waals surface area contributed by atoms with E-state index in [1.54, 1.807) is 0 Å². The normalized spacial score (nSPS) is 10.9. The van der Waals surface area contributed by atoms with Crippen LogP contribution in [0.1, 0.15) is 19.4 Å². The van der Waals surface area contributed by atoms with E-state index in [0.717, 1.165) is 0 Å². The minimum atomic E-state index is -0.525. The lowest BCUT2D eigenvalue weighted by molar-refractivity contribution is 0.616. The van der Waals surface area contributed by atoms with Crippen molar-refractivity contribution in [3.63, 3.8) is 0 Å². The summed E-state index contributed by atoms with van der Waals surface area (Å²) in [6.45, 7) is 6.59. The van der Waals surface area contributed by atoms with Crippen molar-refractivity contribution in [2.45, 2.75) is 32.9 Å². The first-order valence-electron chi connectivity index (χ1n) is 5.11. The van der Waals surface area contributed by atoms with Gasteiger partial charge in [0.1, 0.15) is 0 Å². The van der Waals surface area contributed by atoms with Crippen molar-refractivity contribution in [2.75, 3.05) is 0 Å². The van der Waals surface area contributed by atoms with Gasteiger partial charge in [0, 0.05) is 0 Å². The van der Waals surface area contributed by atoms with Crippen LogP contribution in [-0.4, -0.2) is 18.8 Å². The molecule has 0 saturated carbocycles. The molecule has 1 rings (SSSR count). The summed E-state index contributed by atoms with van der Waals surface area (Å²) in [5.74, 6) is 0. The molecule has 3 heteroatoms. The molecule has 0 fully saturated rings. The molecule has 0 saturated heterocycles. The first-order chi connectivity index (χ1) is 6.77. The van der Waals surface area contributed by atoms with Crippen LogP contribution in [0.4, 0.5) is 0 Å². The molecule has 0 amide bonds. The quantitative estimate of drug-likeness (QED) is 0.693. The zero-order chi connectivity index (χ0) is 10.4. The van der Waals surface area contributed by atoms with Gasteiger partial charge in [0.25, 0.3) is 9.76 Å². The third-order valence-electron chi connectivity index (χ3n) is 2.24. The van der Waals surface area contributed by atoms with Gasteiger partial charge >= 0.3 is 0 Å². The van der Waals surface area contributed by atoms with E-state index >= 15 is 0 Å². The predicted molar refractivity (Wildman–Crippen MR) is 64.4 cm³/mol. The highest BCUT2D eigenvalue weighted by atomic mass is 28.3. The van der Waals surface area contributed by atoms with Gasteiger partial charge in [0.05, 0.1) is 0 Å². The maximum absolute atomic E-state index is 5.94. The average molecular weight is 221 g/mol. The first kappa shape index (κ1) is 11.7. The van der Waals surface area contributed by atoms with Gasteiger partial charge in [-0.05, 0) is 29.8 Å². The van der Waals surface area contributed by atoms with Crippen LogP contribution in [0.3, 0.4) is 0 Å². The Morgan fingerprint density at radius 2 is 1.86 bits per heavy atom. The Labute approximate surface area is 91.2 Å². The molecule has 75 valence electrons. The van der Waals surface area contributed by atoms with Crippen LogP contribution in [0.15, 0.2) is 24.3 Å². The Balaban J connectivity index is 2.49. The smallest absolute Gasteiger partial charge is 0.257 e. The predicted octanol–water partition coefficient (Wildman–Crippen LogP) is 2.29. The lowest BCUT2D eigenvalue weighted by atomic mass is 10.2. The van der Waals surface area contributed by atoms with E-state index in [1.165, 1.54) is 22.8 Å². The van der Waals surface area contributed by atoms with Crippen LogP contribution in [0.5, 0.6) is 0 Å². The van der Waals surface area contributed by atoms with E-state index in [4.69, 9.17) is 4.12 Å². The maximum Gasteiger partial charge on any atom is 0.257 e. The van der Waals surface area contributed by atoms with Gasteiger partial charge in [-0.2, -0.15) is 0 Å². The molecule has 14 heavy (non-hydrogen) atoms. The fourth-order valence-electron chi connectivity index (χ4n) is 1.21. The van der Waals surface area contributed by atoms with Crippen molar-refractivity contribution in [1.82, 2.24) is 0 Å². The topological polar surface area (TPSA) is 9.23 Å². The molecule has 1 nitrogen and oxygen atoms in total. The van der Waals surface area contributed by atoms with Crippen molar-refractivity contribution in [2.24, 2.45) is 0 Å². The van der Waals surface area contributed by atoms with Crippen LogP contribution in [-0.2, 0) is 4.12 Å². The molecule has 0 aliphatic rings. The van der Waals surface area contributed by atoms with Gasteiger partial charge in [0.2, 0.25) is 0 Å². The number of hydrogen-bond acceptors (Lipinski definition) is 1. The Morgan fingerprint density at radius 1 is 1.21 bits per heavy atom. The van der Waals surface area contributed by atoms with E-state index in [-0.39, 0.29) is 0 Å². The Bertz CT molecular complexity index is 272. The van der Waals surface area contributed by atoms with Crippen LogP contribution in [0, 0.1) is 6.92 Å². The van der Waals surface area contributed by atoms with E-state index in [9.17, 15) is 0 Å². The highest BCUT2D eigenvalue weighted by molar-refractivity contribution is 6.63. The molecule has 0 atom stereocenters. The van der Waals surface area contributed by atoms with Crippen molar-refractivity contribution < 1.29 is 4.12 Å². The molecule has 0 aliphatic heterocycles. The molecule has 0 aromatic heterocycles. The summed E-state index contributed by atoms with van der Waals surface area (Å²) < 4.78 is 5.94. The Kier molecular flexibility index (Phi) is 5.15. The molecule has 0 unspecified atom stereocenters. The molecule has 0 N–H and O–H groups in total.